The number of epoxide rings is 2. The van der Waals surface area contributed by atoms with Gasteiger partial charge in [-0.3, -0.25) is 0 Å². The fraction of sp³-hybridized carbons (Fsp3) is 0.368. The molecule has 2 fully saturated rings. The third-order valence-electron chi connectivity index (χ3n) is 4.07. The molecule has 0 radical (unpaired) electrons. The molecule has 4 nitrogen and oxygen atoms in total. The van der Waals surface area contributed by atoms with Crippen molar-refractivity contribution in [2.45, 2.75) is 25.4 Å². The molecule has 0 aliphatic carbocycles. The van der Waals surface area contributed by atoms with Crippen molar-refractivity contribution in [1.29, 1.82) is 0 Å². The third-order valence-corrected chi connectivity index (χ3v) is 4.07. The molecule has 0 spiro atoms. The van der Waals surface area contributed by atoms with Gasteiger partial charge in [0, 0.05) is 0 Å². The largest absolute Gasteiger partial charge is 0.368 e. The van der Waals surface area contributed by atoms with Gasteiger partial charge in [-0.25, -0.2) is 0 Å². The highest BCUT2D eigenvalue weighted by Crippen LogP contribution is 2.30. The lowest BCUT2D eigenvalue weighted by atomic mass is 10.1. The average Bonchev–Trinajstić information content (AvgIpc) is 3.49. The van der Waals surface area contributed by atoms with Gasteiger partial charge in [0.05, 0.1) is 26.4 Å². The van der Waals surface area contributed by atoms with Gasteiger partial charge in [0.2, 0.25) is 0 Å². The lowest BCUT2D eigenvalue weighted by Crippen LogP contribution is -2.01. The van der Waals surface area contributed by atoms with Crippen molar-refractivity contribution < 1.29 is 18.9 Å². The molecule has 2 heterocycles. The Morgan fingerprint density at radius 3 is 1.43 bits per heavy atom. The van der Waals surface area contributed by atoms with Crippen molar-refractivity contribution in [3.8, 4) is 0 Å². The van der Waals surface area contributed by atoms with Gasteiger partial charge in [-0.15, -0.1) is 0 Å². The number of rotatable bonds is 8. The molecule has 0 bridgehead atoms. The minimum atomic E-state index is 0.293. The number of hydrogen-bond acceptors (Lipinski definition) is 4. The molecule has 2 saturated heterocycles. The molecular weight excluding hydrogens is 292 g/mol. The van der Waals surface area contributed by atoms with E-state index in [2.05, 4.69) is 48.5 Å². The van der Waals surface area contributed by atoms with Gasteiger partial charge in [0.1, 0.15) is 19.0 Å². The summed E-state index contributed by atoms with van der Waals surface area (Å²) < 4.78 is 21.6. The zero-order chi connectivity index (χ0) is 15.5. The molecule has 2 unspecified atom stereocenters. The monoisotopic (exact) mass is 312 g/mol. The number of ether oxygens (including phenoxy) is 4. The molecule has 120 valence electrons. The van der Waals surface area contributed by atoms with Crippen LogP contribution in [-0.4, -0.2) is 20.0 Å². The van der Waals surface area contributed by atoms with Crippen molar-refractivity contribution in [1.82, 2.24) is 0 Å². The normalized spacial score (nSPS) is 22.1. The van der Waals surface area contributed by atoms with Crippen molar-refractivity contribution >= 4 is 0 Å². The average molecular weight is 312 g/mol. The molecule has 4 rings (SSSR count). The second-order valence-corrected chi connectivity index (χ2v) is 5.94. The maximum Gasteiger partial charge on any atom is 0.147 e. The van der Waals surface area contributed by atoms with E-state index in [-0.39, 0.29) is 0 Å². The molecule has 23 heavy (non-hydrogen) atoms. The van der Waals surface area contributed by atoms with Crippen LogP contribution in [0.2, 0.25) is 0 Å². The highest BCUT2D eigenvalue weighted by molar-refractivity contribution is 5.26. The van der Waals surface area contributed by atoms with Gasteiger partial charge in [0.25, 0.3) is 0 Å². The molecule has 0 aromatic heterocycles. The fourth-order valence-corrected chi connectivity index (χ4v) is 2.52. The Labute approximate surface area is 135 Å². The van der Waals surface area contributed by atoms with E-state index in [1.807, 2.05) is 0 Å². The molecular formula is C19H20O4. The Kier molecular flexibility index (Phi) is 4.39. The van der Waals surface area contributed by atoms with E-state index in [4.69, 9.17) is 18.9 Å². The summed E-state index contributed by atoms with van der Waals surface area (Å²) >= 11 is 0. The minimum Gasteiger partial charge on any atom is -0.368 e. The van der Waals surface area contributed by atoms with Gasteiger partial charge >= 0.3 is 0 Å². The summed E-state index contributed by atoms with van der Waals surface area (Å²) in [5.41, 5.74) is 4.77. The molecule has 2 aliphatic heterocycles. The SMILES string of the molecule is c1cc(C2CO2)ccc1COCOCc1ccc(C2CO2)cc1. The van der Waals surface area contributed by atoms with E-state index in [1.165, 1.54) is 11.1 Å². The van der Waals surface area contributed by atoms with Crippen LogP contribution < -0.4 is 0 Å². The molecule has 0 N–H and O–H groups in total. The van der Waals surface area contributed by atoms with E-state index in [1.54, 1.807) is 0 Å². The van der Waals surface area contributed by atoms with Crippen molar-refractivity contribution in [2.24, 2.45) is 0 Å². The van der Waals surface area contributed by atoms with Crippen LogP contribution in [0.3, 0.4) is 0 Å². The van der Waals surface area contributed by atoms with Gasteiger partial charge in [-0.1, -0.05) is 48.5 Å². The van der Waals surface area contributed by atoms with Gasteiger partial charge in [-0.2, -0.15) is 0 Å². The first-order valence-corrected chi connectivity index (χ1v) is 7.95. The van der Waals surface area contributed by atoms with Gasteiger partial charge in [0.15, 0.2) is 0 Å². The molecule has 0 amide bonds. The number of benzene rings is 2. The second-order valence-electron chi connectivity index (χ2n) is 5.94. The predicted octanol–water partition coefficient (Wildman–Crippen LogP) is 3.52. The Balaban J connectivity index is 1.15. The van der Waals surface area contributed by atoms with E-state index < -0.39 is 0 Å². The minimum absolute atomic E-state index is 0.293. The molecule has 2 atom stereocenters. The quantitative estimate of drug-likeness (QED) is 0.425. The maximum atomic E-state index is 5.56. The lowest BCUT2D eigenvalue weighted by Gasteiger charge is -2.07. The Bertz CT molecular complexity index is 570. The topological polar surface area (TPSA) is 43.5 Å². The summed E-state index contributed by atoms with van der Waals surface area (Å²) in [6, 6.07) is 16.7. The molecule has 2 aromatic carbocycles. The van der Waals surface area contributed by atoms with Crippen molar-refractivity contribution in [3.05, 3.63) is 70.8 Å². The van der Waals surface area contributed by atoms with Gasteiger partial charge in [-0.05, 0) is 22.3 Å². The highest BCUT2D eigenvalue weighted by Gasteiger charge is 2.24. The lowest BCUT2D eigenvalue weighted by molar-refractivity contribution is -0.0689. The summed E-state index contributed by atoms with van der Waals surface area (Å²) in [7, 11) is 0. The number of hydrogen-bond donors (Lipinski definition) is 0. The standard InChI is InChI=1S/C19H20O4/c1-5-16(18-11-22-18)6-2-14(1)9-20-13-21-10-15-3-7-17(8-4-15)19-12-23-19/h1-8,18-19H,9-13H2. The first-order chi connectivity index (χ1) is 11.4. The molecule has 2 aliphatic rings. The van der Waals surface area contributed by atoms with Crippen molar-refractivity contribution in [3.63, 3.8) is 0 Å². The van der Waals surface area contributed by atoms with Crippen LogP contribution in [0.4, 0.5) is 0 Å². The highest BCUT2D eigenvalue weighted by atomic mass is 16.7. The van der Waals surface area contributed by atoms with Crippen LogP contribution in [-0.2, 0) is 32.2 Å². The van der Waals surface area contributed by atoms with Gasteiger partial charge < -0.3 is 18.9 Å². The van der Waals surface area contributed by atoms with E-state index in [0.29, 0.717) is 32.2 Å². The van der Waals surface area contributed by atoms with E-state index >= 15 is 0 Å². The smallest absolute Gasteiger partial charge is 0.147 e. The summed E-state index contributed by atoms with van der Waals surface area (Å²) in [6.07, 6.45) is 0.623. The Morgan fingerprint density at radius 1 is 0.696 bits per heavy atom. The zero-order valence-corrected chi connectivity index (χ0v) is 12.9. The maximum absolute atomic E-state index is 5.56. The molecule has 2 aromatic rings. The van der Waals surface area contributed by atoms with Crippen LogP contribution in [0.25, 0.3) is 0 Å². The summed E-state index contributed by atoms with van der Waals surface area (Å²) in [6.45, 7) is 3.10. The molecule has 0 saturated carbocycles. The van der Waals surface area contributed by atoms with Crippen LogP contribution in [0, 0.1) is 0 Å². The first kappa shape index (κ1) is 14.8. The Morgan fingerprint density at radius 2 is 1.09 bits per heavy atom. The third kappa shape index (κ3) is 4.18. The summed E-state index contributed by atoms with van der Waals surface area (Å²) in [4.78, 5) is 0. The fourth-order valence-electron chi connectivity index (χ4n) is 2.52. The van der Waals surface area contributed by atoms with E-state index in [9.17, 15) is 0 Å². The van der Waals surface area contributed by atoms with Crippen LogP contribution in [0.5, 0.6) is 0 Å². The predicted molar refractivity (Wildman–Crippen MR) is 84.7 cm³/mol. The summed E-state index contributed by atoms with van der Waals surface area (Å²) in [5.74, 6) is 0. The van der Waals surface area contributed by atoms with Crippen molar-refractivity contribution in [2.75, 3.05) is 20.0 Å². The zero-order valence-electron chi connectivity index (χ0n) is 12.9. The molecule has 4 heteroatoms. The second kappa shape index (κ2) is 6.81. The van der Waals surface area contributed by atoms with E-state index in [0.717, 1.165) is 24.3 Å². The van der Waals surface area contributed by atoms with Crippen LogP contribution >= 0.6 is 0 Å². The summed E-state index contributed by atoms with van der Waals surface area (Å²) in [5, 5.41) is 0. The van der Waals surface area contributed by atoms with Crippen LogP contribution in [0.1, 0.15) is 34.5 Å². The Hall–Kier alpha value is -1.72. The van der Waals surface area contributed by atoms with Crippen LogP contribution in [0.15, 0.2) is 48.5 Å². The first-order valence-electron chi connectivity index (χ1n) is 7.95.